The standard InChI is InChI=1S/C30H31N3O5/c1-21-30(22(2)38-32-21)25-8-9-28-26(17-25)16-23-5-3-6-24(15-23)19-33(11-12-35-13-14-36-28)29(34)20-37-27-7-4-10-31-18-27/h3-10,15,17-18H,11-14,16,19-20H2,1-2H3. The Balaban J connectivity index is 1.38. The molecule has 2 bridgehead atoms. The fourth-order valence-corrected chi connectivity index (χ4v) is 4.64. The highest BCUT2D eigenvalue weighted by atomic mass is 16.5. The van der Waals surface area contributed by atoms with Crippen molar-refractivity contribution in [1.82, 2.24) is 15.0 Å². The normalized spacial score (nSPS) is 14.2. The third-order valence-electron chi connectivity index (χ3n) is 6.48. The van der Waals surface area contributed by atoms with E-state index in [1.54, 1.807) is 29.4 Å². The fourth-order valence-electron chi connectivity index (χ4n) is 4.64. The van der Waals surface area contributed by atoms with Crippen LogP contribution in [0.2, 0.25) is 0 Å². The highest BCUT2D eigenvalue weighted by Crippen LogP contribution is 2.32. The van der Waals surface area contributed by atoms with Crippen molar-refractivity contribution in [3.05, 3.63) is 95.1 Å². The van der Waals surface area contributed by atoms with Crippen LogP contribution in [0.15, 0.2) is 71.5 Å². The van der Waals surface area contributed by atoms with Gasteiger partial charge in [0.05, 0.1) is 25.1 Å². The van der Waals surface area contributed by atoms with E-state index in [0.717, 1.165) is 45.0 Å². The summed E-state index contributed by atoms with van der Waals surface area (Å²) < 4.78 is 23.0. The van der Waals surface area contributed by atoms with Gasteiger partial charge in [-0.1, -0.05) is 35.5 Å². The van der Waals surface area contributed by atoms with Crippen molar-refractivity contribution in [2.75, 3.05) is 33.0 Å². The second-order valence-electron chi connectivity index (χ2n) is 9.27. The first-order chi connectivity index (χ1) is 18.6. The lowest BCUT2D eigenvalue weighted by atomic mass is 9.96. The molecule has 2 aromatic carbocycles. The monoisotopic (exact) mass is 513 g/mol. The Labute approximate surface area is 222 Å². The maximum absolute atomic E-state index is 13.1. The first kappa shape index (κ1) is 25.5. The molecule has 4 aromatic rings. The molecule has 1 amide bonds. The average Bonchev–Trinajstić information content (AvgIpc) is 3.27. The van der Waals surface area contributed by atoms with Gasteiger partial charge >= 0.3 is 0 Å². The number of amides is 1. The number of fused-ring (bicyclic) bond motifs is 3. The summed E-state index contributed by atoms with van der Waals surface area (Å²) in [7, 11) is 0. The smallest absolute Gasteiger partial charge is 0.260 e. The van der Waals surface area contributed by atoms with Crippen LogP contribution < -0.4 is 9.47 Å². The van der Waals surface area contributed by atoms with Crippen LogP contribution in [0, 0.1) is 13.8 Å². The number of hydrogen-bond donors (Lipinski definition) is 0. The van der Waals surface area contributed by atoms with E-state index < -0.39 is 0 Å². The van der Waals surface area contributed by atoms with Crippen LogP contribution in [-0.4, -0.2) is 53.9 Å². The summed E-state index contributed by atoms with van der Waals surface area (Å²) >= 11 is 0. The summed E-state index contributed by atoms with van der Waals surface area (Å²) in [6.07, 6.45) is 3.94. The Kier molecular flexibility index (Phi) is 7.99. The first-order valence-electron chi connectivity index (χ1n) is 12.7. The molecule has 0 spiro atoms. The lowest BCUT2D eigenvalue weighted by molar-refractivity contribution is -0.134. The summed E-state index contributed by atoms with van der Waals surface area (Å²) in [5, 5.41) is 4.11. The summed E-state index contributed by atoms with van der Waals surface area (Å²) in [4.78, 5) is 18.9. The van der Waals surface area contributed by atoms with Crippen molar-refractivity contribution in [2.45, 2.75) is 26.8 Å². The van der Waals surface area contributed by atoms with Crippen molar-refractivity contribution in [2.24, 2.45) is 0 Å². The quantitative estimate of drug-likeness (QED) is 0.389. The van der Waals surface area contributed by atoms with Crippen LogP contribution in [0.25, 0.3) is 11.1 Å². The minimum Gasteiger partial charge on any atom is -0.491 e. The van der Waals surface area contributed by atoms with Crippen molar-refractivity contribution >= 4 is 5.91 Å². The SMILES string of the molecule is Cc1noc(C)c1-c1ccc2c(c1)Cc1cccc(c1)CN(C(=O)COc1cccnc1)CCOCCO2. The molecule has 2 aromatic heterocycles. The molecule has 0 radical (unpaired) electrons. The number of nitrogens with zero attached hydrogens (tertiary/aromatic N) is 3. The Bertz CT molecular complexity index is 1370. The van der Waals surface area contributed by atoms with Gasteiger partial charge in [-0.3, -0.25) is 9.78 Å². The average molecular weight is 514 g/mol. The Hall–Kier alpha value is -4.17. The van der Waals surface area contributed by atoms with Crippen LogP contribution in [-0.2, 0) is 22.5 Å². The molecule has 5 rings (SSSR count). The second-order valence-corrected chi connectivity index (χ2v) is 9.27. The van der Waals surface area contributed by atoms with Gasteiger partial charge in [-0.15, -0.1) is 0 Å². The van der Waals surface area contributed by atoms with Gasteiger partial charge in [-0.05, 0) is 60.4 Å². The molecule has 1 aliphatic heterocycles. The zero-order valence-corrected chi connectivity index (χ0v) is 21.7. The molecule has 0 saturated heterocycles. The second kappa shape index (κ2) is 11.9. The Morgan fingerprint density at radius 2 is 1.92 bits per heavy atom. The molecule has 8 heteroatoms. The number of aromatic nitrogens is 2. The third kappa shape index (κ3) is 6.20. The van der Waals surface area contributed by atoms with Crippen molar-refractivity contribution < 1.29 is 23.5 Å². The van der Waals surface area contributed by atoms with Gasteiger partial charge in [0.2, 0.25) is 0 Å². The van der Waals surface area contributed by atoms with Crippen molar-refractivity contribution in [1.29, 1.82) is 0 Å². The maximum Gasteiger partial charge on any atom is 0.260 e. The molecular formula is C30H31N3O5. The molecule has 1 aliphatic rings. The lowest BCUT2D eigenvalue weighted by Gasteiger charge is -2.24. The Morgan fingerprint density at radius 3 is 2.74 bits per heavy atom. The van der Waals surface area contributed by atoms with Gasteiger partial charge in [-0.25, -0.2) is 0 Å². The van der Waals surface area contributed by atoms with Crippen LogP contribution in [0.1, 0.15) is 28.1 Å². The lowest BCUT2D eigenvalue weighted by Crippen LogP contribution is -2.37. The zero-order chi connectivity index (χ0) is 26.3. The van der Waals surface area contributed by atoms with Gasteiger partial charge in [0, 0.05) is 31.3 Å². The van der Waals surface area contributed by atoms with Gasteiger partial charge in [0.25, 0.3) is 5.91 Å². The molecular weight excluding hydrogens is 482 g/mol. The maximum atomic E-state index is 13.1. The van der Waals surface area contributed by atoms with E-state index in [1.165, 1.54) is 0 Å². The minimum atomic E-state index is -0.111. The molecule has 196 valence electrons. The Morgan fingerprint density at radius 1 is 1.03 bits per heavy atom. The third-order valence-corrected chi connectivity index (χ3v) is 6.48. The molecule has 8 nitrogen and oxygen atoms in total. The molecule has 0 unspecified atom stereocenters. The summed E-state index contributed by atoms with van der Waals surface area (Å²) in [6, 6.07) is 18.1. The van der Waals surface area contributed by atoms with Gasteiger partial charge < -0.3 is 23.6 Å². The number of aryl methyl sites for hydroxylation is 2. The van der Waals surface area contributed by atoms with Crippen LogP contribution in [0.5, 0.6) is 11.5 Å². The number of rotatable bonds is 4. The molecule has 38 heavy (non-hydrogen) atoms. The molecule has 3 heterocycles. The number of carbonyl (C=O) groups is 1. The molecule has 0 saturated carbocycles. The molecule has 0 atom stereocenters. The summed E-state index contributed by atoms with van der Waals surface area (Å²) in [5.41, 5.74) is 6.15. The van der Waals surface area contributed by atoms with Crippen molar-refractivity contribution in [3.63, 3.8) is 0 Å². The van der Waals surface area contributed by atoms with Crippen LogP contribution in [0.3, 0.4) is 0 Å². The fraction of sp³-hybridized carbons (Fsp3) is 0.300. The predicted octanol–water partition coefficient (Wildman–Crippen LogP) is 4.76. The number of pyridine rings is 1. The number of ether oxygens (including phenoxy) is 3. The molecule has 0 aliphatic carbocycles. The van der Waals surface area contributed by atoms with Crippen LogP contribution in [0.4, 0.5) is 0 Å². The zero-order valence-electron chi connectivity index (χ0n) is 21.7. The minimum absolute atomic E-state index is 0.0631. The van der Waals surface area contributed by atoms with E-state index in [1.807, 2.05) is 38.1 Å². The van der Waals surface area contributed by atoms with E-state index in [2.05, 4.69) is 28.3 Å². The van der Waals surface area contributed by atoms with E-state index >= 15 is 0 Å². The number of hydrogen-bond acceptors (Lipinski definition) is 7. The van der Waals surface area contributed by atoms with E-state index in [9.17, 15) is 4.79 Å². The molecule has 0 N–H and O–H groups in total. The van der Waals surface area contributed by atoms with Crippen LogP contribution >= 0.6 is 0 Å². The number of benzene rings is 2. The first-order valence-corrected chi connectivity index (χ1v) is 12.7. The van der Waals surface area contributed by atoms with Gasteiger partial charge in [0.15, 0.2) is 6.61 Å². The van der Waals surface area contributed by atoms with E-state index in [0.29, 0.717) is 45.1 Å². The highest BCUT2D eigenvalue weighted by Gasteiger charge is 2.18. The van der Waals surface area contributed by atoms with Gasteiger partial charge in [-0.2, -0.15) is 0 Å². The van der Waals surface area contributed by atoms with Gasteiger partial charge in [0.1, 0.15) is 23.9 Å². The molecule has 0 fully saturated rings. The topological polar surface area (TPSA) is 86.9 Å². The predicted molar refractivity (Wildman–Crippen MR) is 142 cm³/mol. The van der Waals surface area contributed by atoms with E-state index in [4.69, 9.17) is 18.7 Å². The summed E-state index contributed by atoms with van der Waals surface area (Å²) in [5.74, 6) is 2.07. The number of carbonyl (C=O) groups excluding carboxylic acids is 1. The van der Waals surface area contributed by atoms with E-state index in [-0.39, 0.29) is 12.5 Å². The highest BCUT2D eigenvalue weighted by molar-refractivity contribution is 5.77. The van der Waals surface area contributed by atoms with Crippen molar-refractivity contribution in [3.8, 4) is 22.6 Å². The largest absolute Gasteiger partial charge is 0.491 e. The summed E-state index contributed by atoms with van der Waals surface area (Å²) in [6.45, 7) is 5.97.